The summed E-state index contributed by atoms with van der Waals surface area (Å²) in [7, 11) is 0. The number of nitrogens with one attached hydrogen (secondary N) is 1. The molecule has 0 bridgehead atoms. The molecule has 1 aromatic heterocycles. The summed E-state index contributed by atoms with van der Waals surface area (Å²) in [5.41, 5.74) is 4.79. The predicted molar refractivity (Wildman–Crippen MR) is 134 cm³/mol. The first-order valence-corrected chi connectivity index (χ1v) is 11.4. The number of aryl methyl sites for hydroxylation is 1. The molecule has 2 heterocycles. The first-order valence-electron chi connectivity index (χ1n) is 10.6. The van der Waals surface area contributed by atoms with Crippen LogP contribution in [0.4, 0.5) is 10.5 Å². The Labute approximate surface area is 206 Å². The average molecular weight is 491 g/mol. The number of hydrogen-bond donors (Lipinski definition) is 1. The third-order valence-corrected chi connectivity index (χ3v) is 6.20. The summed E-state index contributed by atoms with van der Waals surface area (Å²) in [6.45, 7) is 3.87. The van der Waals surface area contributed by atoms with E-state index in [4.69, 9.17) is 27.7 Å². The lowest BCUT2D eigenvalue weighted by Gasteiger charge is -2.35. The van der Waals surface area contributed by atoms with E-state index in [9.17, 15) is 4.79 Å². The number of aromatic nitrogens is 2. The van der Waals surface area contributed by atoms with Gasteiger partial charge in [0.1, 0.15) is 0 Å². The topological polar surface area (TPSA) is 71.3 Å². The van der Waals surface area contributed by atoms with E-state index >= 15 is 0 Å². The molecule has 0 radical (unpaired) electrons. The molecule has 1 aliphatic heterocycles. The standard InChI is InChI=1S/C26H20Cl2N4O2/c1-15-6-12-21(13-7-15)32-16(2)22(23(29-26(32)33)18-4-3-5-20(28)14-18)25-30-24(31-34-25)17-8-10-19(27)11-9-17/h3-14,23H,1-2H3,(H,29,33). The van der Waals surface area contributed by atoms with Crippen LogP contribution in [0.5, 0.6) is 0 Å². The summed E-state index contributed by atoms with van der Waals surface area (Å²) in [4.78, 5) is 19.5. The Kier molecular flexibility index (Phi) is 5.86. The van der Waals surface area contributed by atoms with E-state index in [0.29, 0.717) is 33.0 Å². The summed E-state index contributed by atoms with van der Waals surface area (Å²) >= 11 is 12.3. The second kappa shape index (κ2) is 8.97. The Hall–Kier alpha value is -3.61. The number of carbonyl (C=O) groups is 1. The maximum atomic E-state index is 13.3. The van der Waals surface area contributed by atoms with Crippen molar-refractivity contribution in [2.45, 2.75) is 19.9 Å². The number of allylic oxidation sites excluding steroid dienone is 1. The molecule has 6 nitrogen and oxygen atoms in total. The number of carbonyl (C=O) groups excluding carboxylic acids is 1. The van der Waals surface area contributed by atoms with Crippen LogP contribution >= 0.6 is 23.2 Å². The number of amides is 2. The average Bonchev–Trinajstić information content (AvgIpc) is 3.30. The van der Waals surface area contributed by atoms with E-state index in [1.807, 2.05) is 68.4 Å². The smallest absolute Gasteiger partial charge is 0.326 e. The molecule has 3 aromatic carbocycles. The lowest BCUT2D eigenvalue weighted by molar-refractivity contribution is 0.244. The molecule has 0 aliphatic carbocycles. The number of hydrogen-bond acceptors (Lipinski definition) is 4. The Bertz CT molecular complexity index is 1400. The van der Waals surface area contributed by atoms with E-state index < -0.39 is 6.04 Å². The zero-order valence-corrected chi connectivity index (χ0v) is 19.9. The fraction of sp³-hybridized carbons (Fsp3) is 0.115. The van der Waals surface area contributed by atoms with Crippen molar-refractivity contribution in [1.29, 1.82) is 0 Å². The van der Waals surface area contributed by atoms with Gasteiger partial charge in [-0.3, -0.25) is 4.90 Å². The van der Waals surface area contributed by atoms with Crippen LogP contribution in [-0.4, -0.2) is 16.2 Å². The van der Waals surface area contributed by atoms with Gasteiger partial charge < -0.3 is 9.84 Å². The molecule has 1 atom stereocenters. The van der Waals surface area contributed by atoms with Gasteiger partial charge in [-0.1, -0.05) is 58.2 Å². The predicted octanol–water partition coefficient (Wildman–Crippen LogP) is 7.05. The van der Waals surface area contributed by atoms with Crippen molar-refractivity contribution in [3.63, 3.8) is 0 Å². The normalized spacial score (nSPS) is 16.1. The number of anilines is 1. The third-order valence-electron chi connectivity index (χ3n) is 5.72. The molecular formula is C26H20Cl2N4O2. The fourth-order valence-electron chi connectivity index (χ4n) is 4.01. The van der Waals surface area contributed by atoms with Gasteiger partial charge in [0.05, 0.1) is 17.3 Å². The van der Waals surface area contributed by atoms with Crippen LogP contribution in [0.25, 0.3) is 17.0 Å². The largest absolute Gasteiger partial charge is 0.334 e. The summed E-state index contributed by atoms with van der Waals surface area (Å²) in [5, 5.41) is 8.45. The highest BCUT2D eigenvalue weighted by atomic mass is 35.5. The lowest BCUT2D eigenvalue weighted by Crippen LogP contribution is -2.46. The van der Waals surface area contributed by atoms with Gasteiger partial charge in [0.15, 0.2) is 0 Å². The van der Waals surface area contributed by atoms with E-state index in [2.05, 4.69) is 15.5 Å². The van der Waals surface area contributed by atoms with Crippen molar-refractivity contribution in [3.05, 3.63) is 106 Å². The molecule has 0 fully saturated rings. The SMILES string of the molecule is CC1=C(c2nc(-c3ccc(Cl)cc3)no2)C(c2cccc(Cl)c2)NC(=O)N1c1ccc(C)cc1. The van der Waals surface area contributed by atoms with Crippen LogP contribution in [0.2, 0.25) is 10.0 Å². The molecule has 0 saturated heterocycles. The number of rotatable bonds is 4. The highest BCUT2D eigenvalue weighted by Crippen LogP contribution is 2.39. The monoisotopic (exact) mass is 490 g/mol. The van der Waals surface area contributed by atoms with Crippen molar-refractivity contribution in [2.75, 3.05) is 4.90 Å². The van der Waals surface area contributed by atoms with Crippen molar-refractivity contribution < 1.29 is 9.32 Å². The number of nitrogens with zero attached hydrogens (tertiary/aromatic N) is 3. The highest BCUT2D eigenvalue weighted by molar-refractivity contribution is 6.31. The zero-order valence-electron chi connectivity index (χ0n) is 18.4. The van der Waals surface area contributed by atoms with E-state index in [-0.39, 0.29) is 6.03 Å². The van der Waals surface area contributed by atoms with Gasteiger partial charge in [-0.05, 0) is 67.9 Å². The first kappa shape index (κ1) is 22.2. The molecule has 5 rings (SSSR count). The van der Waals surface area contributed by atoms with Gasteiger partial charge in [-0.25, -0.2) is 4.79 Å². The van der Waals surface area contributed by atoms with Crippen LogP contribution in [-0.2, 0) is 0 Å². The minimum atomic E-state index is -0.522. The van der Waals surface area contributed by atoms with E-state index in [1.54, 1.807) is 23.1 Å². The van der Waals surface area contributed by atoms with E-state index in [1.165, 1.54) is 0 Å². The van der Waals surface area contributed by atoms with Crippen LogP contribution in [0.1, 0.15) is 30.0 Å². The van der Waals surface area contributed by atoms with Gasteiger partial charge in [-0.15, -0.1) is 0 Å². The van der Waals surface area contributed by atoms with Gasteiger partial charge in [0.2, 0.25) is 5.82 Å². The van der Waals surface area contributed by atoms with Crippen LogP contribution in [0, 0.1) is 6.92 Å². The van der Waals surface area contributed by atoms with Crippen molar-refractivity contribution >= 4 is 40.5 Å². The summed E-state index contributed by atoms with van der Waals surface area (Å²) in [6.07, 6.45) is 0. The summed E-state index contributed by atoms with van der Waals surface area (Å²) in [5.74, 6) is 0.736. The van der Waals surface area contributed by atoms with Crippen molar-refractivity contribution in [3.8, 4) is 11.4 Å². The number of benzene rings is 3. The Morgan fingerprint density at radius 3 is 2.38 bits per heavy atom. The maximum absolute atomic E-state index is 13.3. The zero-order chi connectivity index (χ0) is 23.8. The summed E-state index contributed by atoms with van der Waals surface area (Å²) in [6, 6.07) is 21.5. The number of urea groups is 1. The molecule has 0 saturated carbocycles. The Morgan fingerprint density at radius 2 is 1.68 bits per heavy atom. The van der Waals surface area contributed by atoms with Crippen LogP contribution < -0.4 is 10.2 Å². The minimum Gasteiger partial charge on any atom is -0.334 e. The van der Waals surface area contributed by atoms with Crippen LogP contribution in [0.15, 0.2) is 83.0 Å². The molecule has 0 spiro atoms. The van der Waals surface area contributed by atoms with Gasteiger partial charge in [0, 0.05) is 21.3 Å². The lowest BCUT2D eigenvalue weighted by atomic mass is 9.94. The Balaban J connectivity index is 1.65. The summed E-state index contributed by atoms with van der Waals surface area (Å²) < 4.78 is 5.72. The molecule has 170 valence electrons. The molecule has 4 aromatic rings. The van der Waals surface area contributed by atoms with Gasteiger partial charge in [0.25, 0.3) is 5.89 Å². The minimum absolute atomic E-state index is 0.257. The second-order valence-corrected chi connectivity index (χ2v) is 8.91. The Morgan fingerprint density at radius 1 is 0.941 bits per heavy atom. The van der Waals surface area contributed by atoms with Gasteiger partial charge in [-0.2, -0.15) is 4.98 Å². The first-order chi connectivity index (χ1) is 16.4. The second-order valence-electron chi connectivity index (χ2n) is 8.04. The van der Waals surface area contributed by atoms with Crippen molar-refractivity contribution in [2.24, 2.45) is 0 Å². The molecule has 1 aliphatic rings. The maximum Gasteiger partial charge on any atom is 0.326 e. The van der Waals surface area contributed by atoms with Gasteiger partial charge >= 0.3 is 6.03 Å². The molecule has 2 amide bonds. The highest BCUT2D eigenvalue weighted by Gasteiger charge is 2.36. The number of halogens is 2. The molecule has 1 unspecified atom stereocenters. The molecular weight excluding hydrogens is 471 g/mol. The van der Waals surface area contributed by atoms with E-state index in [0.717, 1.165) is 22.4 Å². The molecule has 8 heteroatoms. The molecule has 1 N–H and O–H groups in total. The fourth-order valence-corrected chi connectivity index (χ4v) is 4.33. The van der Waals surface area contributed by atoms with Crippen molar-refractivity contribution in [1.82, 2.24) is 15.5 Å². The quantitative estimate of drug-likeness (QED) is 0.332. The molecule has 34 heavy (non-hydrogen) atoms. The third kappa shape index (κ3) is 4.18. The van der Waals surface area contributed by atoms with Crippen LogP contribution in [0.3, 0.4) is 0 Å².